The molecule has 0 aromatic heterocycles. The molecule has 41 heavy (non-hydrogen) atoms. The Morgan fingerprint density at radius 1 is 0.902 bits per heavy atom. The second kappa shape index (κ2) is 11.3. The van der Waals surface area contributed by atoms with Crippen molar-refractivity contribution in [3.8, 4) is 5.75 Å². The van der Waals surface area contributed by atoms with Gasteiger partial charge in [0.1, 0.15) is 24.0 Å². The van der Waals surface area contributed by atoms with Crippen molar-refractivity contribution in [2.75, 3.05) is 11.4 Å². The van der Waals surface area contributed by atoms with E-state index in [1.807, 2.05) is 0 Å². The zero-order chi connectivity index (χ0) is 29.3. The highest BCUT2D eigenvalue weighted by Crippen LogP contribution is 2.45. The molecule has 1 saturated heterocycles. The third kappa shape index (κ3) is 6.11. The zero-order valence-corrected chi connectivity index (χ0v) is 21.9. The van der Waals surface area contributed by atoms with Crippen LogP contribution in [0.4, 0.5) is 27.6 Å². The molecule has 1 heterocycles. The normalized spacial score (nSPS) is 15.9. The number of benzene rings is 3. The number of carboxylic acid groups (broad SMARTS) is 1. The Hall–Kier alpha value is -4.21. The molecule has 214 valence electrons. The maximum atomic E-state index is 14.2. The lowest BCUT2D eigenvalue weighted by Gasteiger charge is -2.27. The fourth-order valence-electron chi connectivity index (χ4n) is 5.37. The van der Waals surface area contributed by atoms with E-state index in [0.29, 0.717) is 60.7 Å². The van der Waals surface area contributed by atoms with Crippen molar-refractivity contribution in [1.82, 2.24) is 0 Å². The highest BCUT2D eigenvalue weighted by atomic mass is 19.4. The minimum atomic E-state index is -4.64. The van der Waals surface area contributed by atoms with Crippen LogP contribution in [-0.2, 0) is 17.6 Å². The summed E-state index contributed by atoms with van der Waals surface area (Å²) in [5.41, 5.74) is 1.37. The van der Waals surface area contributed by atoms with Gasteiger partial charge in [0.2, 0.25) is 5.91 Å². The molecule has 1 amide bonds. The summed E-state index contributed by atoms with van der Waals surface area (Å²) >= 11 is 0. The van der Waals surface area contributed by atoms with Crippen molar-refractivity contribution in [3.05, 3.63) is 94.0 Å². The number of hydrogen-bond donors (Lipinski definition) is 1. The number of hydrogen-bond acceptors (Lipinski definition) is 3. The third-order valence-electron chi connectivity index (χ3n) is 7.40. The van der Waals surface area contributed by atoms with Crippen LogP contribution in [-0.4, -0.2) is 23.5 Å². The molecular formula is C31H26F5NO4. The number of anilines is 1. The highest BCUT2D eigenvalue weighted by molar-refractivity contribution is 6.00. The molecule has 5 rings (SSSR count). The van der Waals surface area contributed by atoms with E-state index in [1.165, 1.54) is 24.3 Å². The van der Waals surface area contributed by atoms with Crippen molar-refractivity contribution < 1.29 is 41.4 Å². The molecule has 1 N–H and O–H groups in total. The number of rotatable bonds is 7. The van der Waals surface area contributed by atoms with Crippen molar-refractivity contribution in [2.45, 2.75) is 51.3 Å². The van der Waals surface area contributed by atoms with E-state index in [9.17, 15) is 36.6 Å². The first-order valence-electron chi connectivity index (χ1n) is 13.2. The Kier molecular flexibility index (Phi) is 7.84. The predicted molar refractivity (Wildman–Crippen MR) is 142 cm³/mol. The number of carbonyl (C=O) groups excluding carboxylic acids is 1. The number of nitrogens with zero attached hydrogens (tertiary/aromatic N) is 1. The second-order valence-electron chi connectivity index (χ2n) is 10.1. The van der Waals surface area contributed by atoms with Gasteiger partial charge in [0.05, 0.1) is 11.1 Å². The summed E-state index contributed by atoms with van der Waals surface area (Å²) < 4.78 is 74.6. The molecule has 10 heteroatoms. The molecule has 0 bridgehead atoms. The summed E-state index contributed by atoms with van der Waals surface area (Å²) in [6.07, 6.45) is -1.31. The van der Waals surface area contributed by atoms with E-state index in [-0.39, 0.29) is 35.0 Å². The number of allylic oxidation sites excluding steroid dienone is 2. The monoisotopic (exact) mass is 571 g/mol. The molecule has 3 aromatic carbocycles. The standard InChI is InChI=1S/C31H26F5NO4/c32-22-9-7-18(27(33)16-22)17-41-28-10-8-21(31(34,35)36)15-26(28)25-5-3-4-24(25)19-12-20(30(39)40)14-23(13-19)37-11-2-1-6-29(37)38/h7-10,12-16H,1-6,11,17H2,(H,39,40). The van der Waals surface area contributed by atoms with E-state index < -0.39 is 29.3 Å². The van der Waals surface area contributed by atoms with Crippen LogP contribution in [0.15, 0.2) is 54.6 Å². The summed E-state index contributed by atoms with van der Waals surface area (Å²) in [5.74, 6) is -2.84. The number of alkyl halides is 3. The lowest BCUT2D eigenvalue weighted by Crippen LogP contribution is -2.35. The van der Waals surface area contributed by atoms with Crippen LogP contribution in [0.5, 0.6) is 5.75 Å². The van der Waals surface area contributed by atoms with E-state index in [0.717, 1.165) is 31.0 Å². The number of halogens is 5. The molecule has 0 saturated carbocycles. The lowest BCUT2D eigenvalue weighted by atomic mass is 9.93. The molecule has 3 aromatic rings. The molecule has 0 spiro atoms. The molecule has 1 aliphatic heterocycles. The molecule has 0 atom stereocenters. The number of amides is 1. The number of piperidine rings is 1. The number of aromatic carboxylic acids is 1. The molecule has 5 nitrogen and oxygen atoms in total. The van der Waals surface area contributed by atoms with Gasteiger partial charge in [-0.25, -0.2) is 13.6 Å². The molecular weight excluding hydrogens is 545 g/mol. The Labute approximate surface area is 232 Å². The van der Waals surface area contributed by atoms with Gasteiger partial charge in [-0.15, -0.1) is 0 Å². The SMILES string of the molecule is O=C(O)c1cc(C2=C(c3cc(C(F)(F)F)ccc3OCc3ccc(F)cc3F)CCC2)cc(N2CCCCC2=O)c1. The zero-order valence-electron chi connectivity index (χ0n) is 21.9. The van der Waals surface area contributed by atoms with Gasteiger partial charge in [-0.3, -0.25) is 4.79 Å². The molecule has 0 radical (unpaired) electrons. The number of ether oxygens (including phenoxy) is 1. The first-order valence-corrected chi connectivity index (χ1v) is 13.2. The summed E-state index contributed by atoms with van der Waals surface area (Å²) in [6.45, 7) is 0.0988. The van der Waals surface area contributed by atoms with Crippen molar-refractivity contribution >= 4 is 28.7 Å². The van der Waals surface area contributed by atoms with Gasteiger partial charge in [-0.2, -0.15) is 13.2 Å². The van der Waals surface area contributed by atoms with Crippen molar-refractivity contribution in [2.24, 2.45) is 0 Å². The van der Waals surface area contributed by atoms with E-state index in [1.54, 1.807) is 11.0 Å². The average Bonchev–Trinajstić information content (AvgIpc) is 3.42. The largest absolute Gasteiger partial charge is 0.488 e. The van der Waals surface area contributed by atoms with Crippen molar-refractivity contribution in [3.63, 3.8) is 0 Å². The van der Waals surface area contributed by atoms with Gasteiger partial charge in [0, 0.05) is 35.8 Å². The maximum absolute atomic E-state index is 14.2. The van der Waals surface area contributed by atoms with Gasteiger partial charge < -0.3 is 14.7 Å². The molecule has 2 aliphatic rings. The lowest BCUT2D eigenvalue weighted by molar-refractivity contribution is -0.137. The summed E-state index contributed by atoms with van der Waals surface area (Å²) in [6, 6.07) is 10.6. The quantitative estimate of drug-likeness (QED) is 0.293. The fraction of sp³-hybridized carbons (Fsp3) is 0.290. The van der Waals surface area contributed by atoms with Crippen LogP contribution >= 0.6 is 0 Å². The fourth-order valence-corrected chi connectivity index (χ4v) is 5.37. The average molecular weight is 572 g/mol. The Morgan fingerprint density at radius 3 is 2.39 bits per heavy atom. The van der Waals surface area contributed by atoms with Gasteiger partial charge in [0.25, 0.3) is 0 Å². The summed E-state index contributed by atoms with van der Waals surface area (Å²) in [4.78, 5) is 26.1. The third-order valence-corrected chi connectivity index (χ3v) is 7.40. The second-order valence-corrected chi connectivity index (χ2v) is 10.1. The first-order chi connectivity index (χ1) is 19.5. The minimum Gasteiger partial charge on any atom is -0.488 e. The van der Waals surface area contributed by atoms with Crippen LogP contribution in [0, 0.1) is 11.6 Å². The summed E-state index contributed by atoms with van der Waals surface area (Å²) in [7, 11) is 0. The molecule has 0 unspecified atom stereocenters. The molecule has 1 fully saturated rings. The maximum Gasteiger partial charge on any atom is 0.416 e. The number of carboxylic acids is 1. The van der Waals surface area contributed by atoms with Gasteiger partial charge in [-0.1, -0.05) is 0 Å². The van der Waals surface area contributed by atoms with Crippen LogP contribution in [0.2, 0.25) is 0 Å². The Morgan fingerprint density at radius 2 is 1.68 bits per heavy atom. The number of carbonyl (C=O) groups is 2. The van der Waals surface area contributed by atoms with Crippen molar-refractivity contribution in [1.29, 1.82) is 0 Å². The van der Waals surface area contributed by atoms with Gasteiger partial charge in [-0.05, 0) is 97.3 Å². The van der Waals surface area contributed by atoms with E-state index in [4.69, 9.17) is 4.74 Å². The van der Waals surface area contributed by atoms with E-state index in [2.05, 4.69) is 0 Å². The first kappa shape index (κ1) is 28.3. The predicted octanol–water partition coefficient (Wildman–Crippen LogP) is 7.87. The Balaban J connectivity index is 1.61. The smallest absolute Gasteiger partial charge is 0.416 e. The van der Waals surface area contributed by atoms with Crippen LogP contribution < -0.4 is 9.64 Å². The van der Waals surface area contributed by atoms with Crippen LogP contribution in [0.3, 0.4) is 0 Å². The molecule has 1 aliphatic carbocycles. The van der Waals surface area contributed by atoms with Gasteiger partial charge in [0.15, 0.2) is 0 Å². The van der Waals surface area contributed by atoms with E-state index >= 15 is 0 Å². The summed E-state index contributed by atoms with van der Waals surface area (Å²) in [5, 5.41) is 9.79. The van der Waals surface area contributed by atoms with Crippen LogP contribution in [0.1, 0.15) is 71.1 Å². The minimum absolute atomic E-state index is 0.0304. The van der Waals surface area contributed by atoms with Gasteiger partial charge >= 0.3 is 12.1 Å². The Bertz CT molecular complexity index is 1550. The topological polar surface area (TPSA) is 66.8 Å². The highest BCUT2D eigenvalue weighted by Gasteiger charge is 2.33. The van der Waals surface area contributed by atoms with Crippen LogP contribution in [0.25, 0.3) is 11.1 Å².